The van der Waals surface area contributed by atoms with Crippen molar-refractivity contribution < 1.29 is 9.53 Å². The van der Waals surface area contributed by atoms with Crippen LogP contribution >= 0.6 is 0 Å². The molecule has 1 aromatic rings. The minimum Gasteiger partial charge on any atom is -0.493 e. The monoisotopic (exact) mass is 262 g/mol. The Hall–Kier alpha value is -1.55. The minimum absolute atomic E-state index is 0.166. The number of carbonyl (C=O) groups is 1. The number of carbonyl (C=O) groups excluding carboxylic acids is 1. The van der Waals surface area contributed by atoms with Crippen LogP contribution in [0.4, 0.5) is 0 Å². The summed E-state index contributed by atoms with van der Waals surface area (Å²) in [6.45, 7) is 4.02. The quantitative estimate of drug-likeness (QED) is 0.898. The van der Waals surface area contributed by atoms with Gasteiger partial charge in [0.25, 0.3) is 0 Å². The van der Waals surface area contributed by atoms with Gasteiger partial charge in [-0.1, -0.05) is 12.1 Å². The molecule has 1 amide bonds. The summed E-state index contributed by atoms with van der Waals surface area (Å²) in [5, 5.41) is 0. The number of nitrogens with two attached hydrogens (primary N) is 1. The van der Waals surface area contributed by atoms with Gasteiger partial charge in [0.15, 0.2) is 0 Å². The maximum absolute atomic E-state index is 12.0. The van der Waals surface area contributed by atoms with E-state index in [1.807, 2.05) is 36.1 Å². The van der Waals surface area contributed by atoms with Gasteiger partial charge >= 0.3 is 0 Å². The first-order valence-corrected chi connectivity index (χ1v) is 6.88. The highest BCUT2D eigenvalue weighted by Gasteiger charge is 2.20. The van der Waals surface area contributed by atoms with Crippen LogP contribution in [0.5, 0.6) is 5.75 Å². The summed E-state index contributed by atoms with van der Waals surface area (Å²) in [7, 11) is 0. The van der Waals surface area contributed by atoms with Gasteiger partial charge in [-0.15, -0.1) is 0 Å². The van der Waals surface area contributed by atoms with Crippen LogP contribution in [0.1, 0.15) is 24.8 Å². The number of ether oxygens (including phenoxy) is 1. The van der Waals surface area contributed by atoms with Crippen molar-refractivity contribution in [1.82, 2.24) is 4.90 Å². The Balaban J connectivity index is 1.72. The average Bonchev–Trinajstić information content (AvgIpc) is 2.39. The smallest absolute Gasteiger partial charge is 0.225 e. The fourth-order valence-corrected chi connectivity index (χ4v) is 2.27. The average molecular weight is 262 g/mol. The van der Waals surface area contributed by atoms with Gasteiger partial charge in [-0.25, -0.2) is 0 Å². The van der Waals surface area contributed by atoms with Crippen molar-refractivity contribution in [2.45, 2.75) is 32.2 Å². The zero-order valence-electron chi connectivity index (χ0n) is 11.5. The molecule has 0 spiro atoms. The molecule has 4 nitrogen and oxygen atoms in total. The van der Waals surface area contributed by atoms with E-state index in [0.29, 0.717) is 13.0 Å². The maximum Gasteiger partial charge on any atom is 0.225 e. The van der Waals surface area contributed by atoms with Gasteiger partial charge in [0.2, 0.25) is 5.91 Å². The highest BCUT2D eigenvalue weighted by atomic mass is 16.5. The Bertz CT molecular complexity index is 426. The third kappa shape index (κ3) is 4.24. The first-order valence-electron chi connectivity index (χ1n) is 6.88. The minimum atomic E-state index is 0.166. The highest BCUT2D eigenvalue weighted by Crippen LogP contribution is 2.13. The first-order chi connectivity index (χ1) is 9.15. The van der Waals surface area contributed by atoms with E-state index in [9.17, 15) is 4.79 Å². The summed E-state index contributed by atoms with van der Waals surface area (Å²) in [6, 6.07) is 8.13. The van der Waals surface area contributed by atoms with E-state index < -0.39 is 0 Å². The SMILES string of the molecule is Cc1cccc(OCCC(=O)N2CCC(N)CC2)c1. The molecule has 1 aliphatic heterocycles. The van der Waals surface area contributed by atoms with Gasteiger partial charge in [0.05, 0.1) is 13.0 Å². The molecule has 0 saturated carbocycles. The van der Waals surface area contributed by atoms with Crippen LogP contribution in [-0.2, 0) is 4.79 Å². The number of aryl methyl sites for hydroxylation is 1. The summed E-state index contributed by atoms with van der Waals surface area (Å²) in [5.74, 6) is 0.994. The lowest BCUT2D eigenvalue weighted by Crippen LogP contribution is -2.43. The van der Waals surface area contributed by atoms with Crippen molar-refractivity contribution >= 4 is 5.91 Å². The van der Waals surface area contributed by atoms with E-state index in [-0.39, 0.29) is 11.9 Å². The molecule has 1 aliphatic rings. The fraction of sp³-hybridized carbons (Fsp3) is 0.533. The van der Waals surface area contributed by atoms with Crippen molar-refractivity contribution in [3.05, 3.63) is 29.8 Å². The van der Waals surface area contributed by atoms with Crippen LogP contribution < -0.4 is 10.5 Å². The molecule has 104 valence electrons. The number of benzene rings is 1. The van der Waals surface area contributed by atoms with Crippen molar-refractivity contribution in [2.24, 2.45) is 5.73 Å². The molecule has 2 rings (SSSR count). The number of piperidine rings is 1. The Morgan fingerprint density at radius 2 is 2.16 bits per heavy atom. The summed E-state index contributed by atoms with van der Waals surface area (Å²) >= 11 is 0. The summed E-state index contributed by atoms with van der Waals surface area (Å²) in [6.07, 6.45) is 2.25. The first kappa shape index (κ1) is 13.9. The van der Waals surface area contributed by atoms with E-state index in [1.54, 1.807) is 0 Å². The molecule has 4 heteroatoms. The van der Waals surface area contributed by atoms with Gasteiger partial charge in [-0.3, -0.25) is 4.79 Å². The fourth-order valence-electron chi connectivity index (χ4n) is 2.27. The Kier molecular flexibility index (Phi) is 4.80. The molecule has 1 heterocycles. The normalized spacial score (nSPS) is 16.4. The Morgan fingerprint density at radius 1 is 1.42 bits per heavy atom. The second-order valence-corrected chi connectivity index (χ2v) is 5.13. The van der Waals surface area contributed by atoms with Crippen LogP contribution in [0, 0.1) is 6.92 Å². The Morgan fingerprint density at radius 3 is 2.84 bits per heavy atom. The largest absolute Gasteiger partial charge is 0.493 e. The van der Waals surface area contributed by atoms with Crippen molar-refractivity contribution in [3.8, 4) is 5.75 Å². The molecule has 0 bridgehead atoms. The number of rotatable bonds is 4. The van der Waals surface area contributed by atoms with Gasteiger partial charge in [0, 0.05) is 19.1 Å². The third-order valence-electron chi connectivity index (χ3n) is 3.47. The zero-order valence-corrected chi connectivity index (χ0v) is 11.5. The van der Waals surface area contributed by atoms with E-state index >= 15 is 0 Å². The molecular formula is C15H22N2O2. The molecule has 2 N–H and O–H groups in total. The second-order valence-electron chi connectivity index (χ2n) is 5.13. The van der Waals surface area contributed by atoms with Gasteiger partial charge < -0.3 is 15.4 Å². The second kappa shape index (κ2) is 6.57. The molecule has 1 fully saturated rings. The van der Waals surface area contributed by atoms with Crippen LogP contribution in [0.2, 0.25) is 0 Å². The standard InChI is InChI=1S/C15H22N2O2/c1-12-3-2-4-14(11-12)19-10-7-15(18)17-8-5-13(16)6-9-17/h2-4,11,13H,5-10,16H2,1H3. The third-order valence-corrected chi connectivity index (χ3v) is 3.47. The van der Waals surface area contributed by atoms with Crippen LogP contribution in [0.15, 0.2) is 24.3 Å². The molecule has 0 unspecified atom stereocenters. The van der Waals surface area contributed by atoms with E-state index in [1.165, 1.54) is 0 Å². The summed E-state index contributed by atoms with van der Waals surface area (Å²) < 4.78 is 5.60. The zero-order chi connectivity index (χ0) is 13.7. The molecule has 0 atom stereocenters. The summed E-state index contributed by atoms with van der Waals surface area (Å²) in [4.78, 5) is 13.9. The maximum atomic E-state index is 12.0. The molecule has 1 aromatic carbocycles. The van der Waals surface area contributed by atoms with E-state index in [2.05, 4.69) is 0 Å². The predicted molar refractivity (Wildman–Crippen MR) is 75.1 cm³/mol. The molecular weight excluding hydrogens is 240 g/mol. The van der Waals surface area contributed by atoms with Crippen LogP contribution in [0.25, 0.3) is 0 Å². The molecule has 1 saturated heterocycles. The lowest BCUT2D eigenvalue weighted by molar-refractivity contribution is -0.132. The van der Waals surface area contributed by atoms with Gasteiger partial charge in [-0.05, 0) is 37.5 Å². The number of likely N-dealkylation sites (tertiary alicyclic amines) is 1. The lowest BCUT2D eigenvalue weighted by atomic mass is 10.1. The van der Waals surface area contributed by atoms with Gasteiger partial charge in [0.1, 0.15) is 5.75 Å². The van der Waals surface area contributed by atoms with Crippen LogP contribution in [0.3, 0.4) is 0 Å². The molecule has 0 radical (unpaired) electrons. The van der Waals surface area contributed by atoms with Crippen LogP contribution in [-0.4, -0.2) is 36.5 Å². The topological polar surface area (TPSA) is 55.6 Å². The van der Waals surface area contributed by atoms with Crippen molar-refractivity contribution in [2.75, 3.05) is 19.7 Å². The number of amides is 1. The highest BCUT2D eigenvalue weighted by molar-refractivity contribution is 5.76. The van der Waals surface area contributed by atoms with Crippen molar-refractivity contribution in [3.63, 3.8) is 0 Å². The molecule has 0 aromatic heterocycles. The summed E-state index contributed by atoms with van der Waals surface area (Å²) in [5.41, 5.74) is 6.99. The molecule has 19 heavy (non-hydrogen) atoms. The Labute approximate surface area is 114 Å². The van der Waals surface area contributed by atoms with E-state index in [0.717, 1.165) is 37.2 Å². The van der Waals surface area contributed by atoms with Gasteiger partial charge in [-0.2, -0.15) is 0 Å². The number of hydrogen-bond donors (Lipinski definition) is 1. The van der Waals surface area contributed by atoms with E-state index in [4.69, 9.17) is 10.5 Å². The van der Waals surface area contributed by atoms with Crippen molar-refractivity contribution in [1.29, 1.82) is 0 Å². The molecule has 0 aliphatic carbocycles. The lowest BCUT2D eigenvalue weighted by Gasteiger charge is -2.30. The predicted octanol–water partition coefficient (Wildman–Crippen LogP) is 1.71. The number of hydrogen-bond acceptors (Lipinski definition) is 3. The number of nitrogens with zero attached hydrogens (tertiary/aromatic N) is 1.